The molecule has 0 unspecified atom stereocenters. The Morgan fingerprint density at radius 3 is 0.756 bits per heavy atom. The molecule has 0 aliphatic carbocycles. The normalized spacial score (nSPS) is 11.6. The first-order valence-corrected chi connectivity index (χ1v) is 17.3. The summed E-state index contributed by atoms with van der Waals surface area (Å²) in [5.41, 5.74) is 0. The molecule has 0 N–H and O–H groups in total. The topological polar surface area (TPSA) is 83.1 Å². The third-order valence-electron chi connectivity index (χ3n) is 6.09. The van der Waals surface area contributed by atoms with Gasteiger partial charge < -0.3 is 42.6 Å². The zero-order valence-electron chi connectivity index (χ0n) is 26.3. The molecule has 0 amide bonds. The van der Waals surface area contributed by atoms with E-state index in [0.29, 0.717) is 112 Å². The van der Waals surface area contributed by atoms with Crippen LogP contribution in [0.4, 0.5) is 0 Å². The SMILES string of the molecule is CCCCCCCCCCCCCOCCOCCOCCOCCOCCOCCOCCOCCOCCBr. The minimum Gasteiger partial charge on any atom is -0.379 e. The van der Waals surface area contributed by atoms with Crippen LogP contribution in [0.3, 0.4) is 0 Å². The lowest BCUT2D eigenvalue weighted by Gasteiger charge is -2.09. The Morgan fingerprint density at radius 1 is 0.268 bits per heavy atom. The number of rotatable bonds is 38. The van der Waals surface area contributed by atoms with Gasteiger partial charge in [-0.3, -0.25) is 0 Å². The molecule has 0 atom stereocenters. The highest BCUT2D eigenvalue weighted by Crippen LogP contribution is 2.11. The Morgan fingerprint density at radius 2 is 0.488 bits per heavy atom. The first-order valence-electron chi connectivity index (χ1n) is 16.2. The van der Waals surface area contributed by atoms with Crippen molar-refractivity contribution in [3.63, 3.8) is 0 Å². The van der Waals surface area contributed by atoms with Crippen molar-refractivity contribution in [3.8, 4) is 0 Å². The maximum absolute atomic E-state index is 5.65. The van der Waals surface area contributed by atoms with Crippen LogP contribution in [0.2, 0.25) is 0 Å². The van der Waals surface area contributed by atoms with Crippen molar-refractivity contribution in [2.75, 3.05) is 124 Å². The van der Waals surface area contributed by atoms with Crippen molar-refractivity contribution in [1.82, 2.24) is 0 Å². The largest absolute Gasteiger partial charge is 0.379 e. The number of alkyl halides is 1. The summed E-state index contributed by atoms with van der Waals surface area (Å²) in [4.78, 5) is 0. The van der Waals surface area contributed by atoms with Gasteiger partial charge in [0.2, 0.25) is 0 Å². The molecule has 0 fully saturated rings. The van der Waals surface area contributed by atoms with Gasteiger partial charge in [0.1, 0.15) is 0 Å². The smallest absolute Gasteiger partial charge is 0.0701 e. The van der Waals surface area contributed by atoms with Gasteiger partial charge in [-0.15, -0.1) is 0 Å². The summed E-state index contributed by atoms with van der Waals surface area (Å²) < 4.78 is 49.3. The zero-order valence-corrected chi connectivity index (χ0v) is 27.9. The van der Waals surface area contributed by atoms with Gasteiger partial charge in [-0.25, -0.2) is 0 Å². The summed E-state index contributed by atoms with van der Waals surface area (Å²) in [5, 5.41) is 0.845. The Labute approximate surface area is 260 Å². The van der Waals surface area contributed by atoms with Crippen molar-refractivity contribution in [2.45, 2.75) is 77.6 Å². The van der Waals surface area contributed by atoms with E-state index in [1.165, 1.54) is 64.2 Å². The molecule has 41 heavy (non-hydrogen) atoms. The maximum Gasteiger partial charge on any atom is 0.0701 e. The molecule has 9 nitrogen and oxygen atoms in total. The second-order valence-electron chi connectivity index (χ2n) is 9.74. The molecule has 0 radical (unpaired) electrons. The fourth-order valence-corrected chi connectivity index (χ4v) is 4.01. The monoisotopic (exact) mass is 658 g/mol. The van der Waals surface area contributed by atoms with E-state index in [-0.39, 0.29) is 0 Å². The van der Waals surface area contributed by atoms with Gasteiger partial charge in [-0.05, 0) is 6.42 Å². The highest BCUT2D eigenvalue weighted by Gasteiger charge is 1.97. The molecule has 0 aliphatic heterocycles. The fourth-order valence-electron chi connectivity index (χ4n) is 3.78. The lowest BCUT2D eigenvalue weighted by Crippen LogP contribution is -2.15. The van der Waals surface area contributed by atoms with Gasteiger partial charge in [0.15, 0.2) is 0 Å². The molecule has 248 valence electrons. The number of unbranched alkanes of at least 4 members (excludes halogenated alkanes) is 10. The van der Waals surface area contributed by atoms with Crippen LogP contribution in [0, 0.1) is 0 Å². The Hall–Kier alpha value is 0.120. The lowest BCUT2D eigenvalue weighted by molar-refractivity contribution is -0.0248. The first-order chi connectivity index (χ1) is 20.4. The van der Waals surface area contributed by atoms with Gasteiger partial charge in [-0.2, -0.15) is 0 Å². The second kappa shape index (κ2) is 40.1. The molecule has 0 bridgehead atoms. The summed E-state index contributed by atoms with van der Waals surface area (Å²) in [7, 11) is 0. The maximum atomic E-state index is 5.65. The molecular formula is C31H63BrO9. The molecule has 0 spiro atoms. The van der Waals surface area contributed by atoms with Crippen LogP contribution < -0.4 is 0 Å². The molecule has 0 heterocycles. The van der Waals surface area contributed by atoms with Gasteiger partial charge in [0.05, 0.1) is 112 Å². The van der Waals surface area contributed by atoms with Gasteiger partial charge in [0.25, 0.3) is 0 Å². The van der Waals surface area contributed by atoms with Crippen LogP contribution in [0.15, 0.2) is 0 Å². The average molecular weight is 660 g/mol. The van der Waals surface area contributed by atoms with Crippen LogP contribution in [0.25, 0.3) is 0 Å². The van der Waals surface area contributed by atoms with Gasteiger partial charge in [0, 0.05) is 11.9 Å². The summed E-state index contributed by atoms with van der Waals surface area (Å²) in [5.74, 6) is 0. The second-order valence-corrected chi connectivity index (χ2v) is 10.5. The van der Waals surface area contributed by atoms with Crippen molar-refractivity contribution < 1.29 is 42.6 Å². The van der Waals surface area contributed by atoms with E-state index in [2.05, 4.69) is 22.9 Å². The third-order valence-corrected chi connectivity index (χ3v) is 6.41. The number of hydrogen-bond acceptors (Lipinski definition) is 9. The quantitative estimate of drug-likeness (QED) is 0.0600. The van der Waals surface area contributed by atoms with Crippen molar-refractivity contribution in [2.24, 2.45) is 0 Å². The number of hydrogen-bond donors (Lipinski definition) is 0. The Balaban J connectivity index is 3.02. The average Bonchev–Trinajstić information content (AvgIpc) is 2.98. The highest BCUT2D eigenvalue weighted by molar-refractivity contribution is 9.09. The first kappa shape index (κ1) is 41.1. The molecule has 0 rings (SSSR count). The molecule has 0 saturated carbocycles. The summed E-state index contributed by atoms with van der Waals surface area (Å²) in [6, 6.07) is 0. The molecular weight excluding hydrogens is 596 g/mol. The van der Waals surface area contributed by atoms with E-state index in [4.69, 9.17) is 42.6 Å². The van der Waals surface area contributed by atoms with E-state index in [0.717, 1.165) is 18.4 Å². The van der Waals surface area contributed by atoms with Crippen LogP contribution >= 0.6 is 15.9 Å². The van der Waals surface area contributed by atoms with E-state index in [1.54, 1.807) is 0 Å². The molecule has 0 aromatic rings. The molecule has 0 saturated heterocycles. The van der Waals surface area contributed by atoms with Crippen LogP contribution in [0.5, 0.6) is 0 Å². The minimum atomic E-state index is 0.539. The van der Waals surface area contributed by atoms with Gasteiger partial charge >= 0.3 is 0 Å². The van der Waals surface area contributed by atoms with E-state index in [1.807, 2.05) is 0 Å². The Bertz CT molecular complexity index is 412. The zero-order chi connectivity index (χ0) is 29.6. The standard InChI is InChI=1S/C31H63BrO9/c1-2-3-4-5-6-7-8-9-10-11-12-14-33-16-18-35-20-22-37-24-26-39-28-30-41-31-29-40-27-25-38-23-21-36-19-17-34-15-13-32/h2-31H2,1H3. The lowest BCUT2D eigenvalue weighted by atomic mass is 10.1. The van der Waals surface area contributed by atoms with Crippen LogP contribution in [0.1, 0.15) is 77.6 Å². The minimum absolute atomic E-state index is 0.539. The highest BCUT2D eigenvalue weighted by atomic mass is 79.9. The van der Waals surface area contributed by atoms with Gasteiger partial charge in [-0.1, -0.05) is 87.1 Å². The molecule has 0 aliphatic rings. The van der Waals surface area contributed by atoms with Crippen LogP contribution in [-0.4, -0.2) is 124 Å². The summed E-state index contributed by atoms with van der Waals surface area (Å²) >= 11 is 3.30. The molecule has 10 heteroatoms. The summed E-state index contributed by atoms with van der Waals surface area (Å²) in [6.45, 7) is 12.9. The van der Waals surface area contributed by atoms with E-state index < -0.39 is 0 Å². The van der Waals surface area contributed by atoms with E-state index in [9.17, 15) is 0 Å². The fraction of sp³-hybridized carbons (Fsp3) is 1.00. The molecule has 0 aromatic carbocycles. The predicted molar refractivity (Wildman–Crippen MR) is 168 cm³/mol. The van der Waals surface area contributed by atoms with Crippen molar-refractivity contribution >= 4 is 15.9 Å². The van der Waals surface area contributed by atoms with Crippen molar-refractivity contribution in [3.05, 3.63) is 0 Å². The Kier molecular flexibility index (Phi) is 40.2. The number of halogens is 1. The van der Waals surface area contributed by atoms with Crippen molar-refractivity contribution in [1.29, 1.82) is 0 Å². The summed E-state index contributed by atoms with van der Waals surface area (Å²) in [6.07, 6.45) is 14.9. The van der Waals surface area contributed by atoms with Crippen LogP contribution in [-0.2, 0) is 42.6 Å². The predicted octanol–water partition coefficient (Wildman–Crippen LogP) is 5.84. The van der Waals surface area contributed by atoms with E-state index >= 15 is 0 Å². The number of ether oxygens (including phenoxy) is 9. The third kappa shape index (κ3) is 40.1. The molecule has 0 aromatic heterocycles.